The first-order chi connectivity index (χ1) is 14.3. The highest BCUT2D eigenvalue weighted by Gasteiger charge is 2.69. The first kappa shape index (κ1) is 22.5. The largest absolute Gasteiger partial charge is 0.452 e. The van der Waals surface area contributed by atoms with E-state index < -0.39 is 62.8 Å². The zero-order valence-corrected chi connectivity index (χ0v) is 18.4. The molecule has 31 heavy (non-hydrogen) atoms. The average molecular weight is 462 g/mol. The fraction of sp³-hybridized carbons (Fsp3) is 0.591. The van der Waals surface area contributed by atoms with Gasteiger partial charge in [-0.15, -0.1) is 0 Å². The monoisotopic (exact) mass is 462 g/mol. The molecule has 0 aromatic heterocycles. The highest BCUT2D eigenvalue weighted by molar-refractivity contribution is 7.79. The van der Waals surface area contributed by atoms with E-state index in [1.807, 2.05) is 19.9 Å². The summed E-state index contributed by atoms with van der Waals surface area (Å²) in [5, 5.41) is -0.710. The van der Waals surface area contributed by atoms with E-state index in [1.165, 1.54) is 0 Å². The van der Waals surface area contributed by atoms with Gasteiger partial charge in [0.2, 0.25) is 34.8 Å². The summed E-state index contributed by atoms with van der Waals surface area (Å²) < 4.78 is 85.5. The van der Waals surface area contributed by atoms with E-state index in [0.29, 0.717) is 6.42 Å². The van der Waals surface area contributed by atoms with Crippen molar-refractivity contribution in [3.05, 3.63) is 41.2 Å². The van der Waals surface area contributed by atoms with Gasteiger partial charge in [0, 0.05) is 24.1 Å². The highest BCUT2D eigenvalue weighted by atomic mass is 32.1. The minimum atomic E-state index is -2.27. The molecule has 3 aliphatic rings. The molecule has 9 heteroatoms. The number of fused-ring (bicyclic) bond motifs is 1. The molecule has 2 fully saturated rings. The highest BCUT2D eigenvalue weighted by Crippen LogP contribution is 2.66. The molecule has 1 saturated heterocycles. The van der Waals surface area contributed by atoms with E-state index in [4.69, 9.17) is 26.4 Å². The Balaban J connectivity index is 1.64. The van der Waals surface area contributed by atoms with Crippen LogP contribution in [0.5, 0.6) is 5.75 Å². The van der Waals surface area contributed by atoms with E-state index in [2.05, 4.69) is 19.9 Å². The molecule has 0 N–H and O–H groups in total. The Morgan fingerprint density at radius 2 is 1.52 bits per heavy atom. The lowest BCUT2D eigenvalue weighted by Crippen LogP contribution is -2.68. The summed E-state index contributed by atoms with van der Waals surface area (Å²) in [7, 11) is 0. The molecule has 4 atom stereocenters. The normalized spacial score (nSPS) is 35.6. The minimum absolute atomic E-state index is 0.222. The lowest BCUT2D eigenvalue weighted by molar-refractivity contribution is -0.281. The van der Waals surface area contributed by atoms with Crippen molar-refractivity contribution in [2.75, 3.05) is 0 Å². The summed E-state index contributed by atoms with van der Waals surface area (Å²) in [4.78, 5) is 0. The zero-order chi connectivity index (χ0) is 23.0. The maximum absolute atomic E-state index is 14.0. The standard InChI is InChI=1S/C22H23F5O3S/c1-19(2)6-5-7-21(4)11(10-20(3)8-9-22(19,21)30-20)28-18(31)29-17-15(26)13(24)12(23)14(25)16(17)27/h8-9,11H,5-7,10H2,1-4H3/t11-,20-,21+,22+/m1/s1. The lowest BCUT2D eigenvalue weighted by atomic mass is 9.50. The third-order valence-corrected chi connectivity index (χ3v) is 7.49. The van der Waals surface area contributed by atoms with Crippen LogP contribution in [0.3, 0.4) is 0 Å². The number of ether oxygens (including phenoxy) is 3. The first-order valence-electron chi connectivity index (χ1n) is 10.1. The van der Waals surface area contributed by atoms with Gasteiger partial charge in [0.05, 0.1) is 5.60 Å². The molecule has 0 radical (unpaired) electrons. The Kier molecular flexibility index (Phi) is 4.98. The van der Waals surface area contributed by atoms with Gasteiger partial charge in [0.1, 0.15) is 11.7 Å². The predicted octanol–water partition coefficient (Wildman–Crippen LogP) is 6.14. The summed E-state index contributed by atoms with van der Waals surface area (Å²) in [5.74, 6) is -12.2. The molecule has 1 aliphatic carbocycles. The minimum Gasteiger partial charge on any atom is -0.452 e. The number of thiocarbonyl (C=S) groups is 1. The molecule has 0 amide bonds. The molecule has 2 heterocycles. The van der Waals surface area contributed by atoms with Crippen molar-refractivity contribution < 1.29 is 36.2 Å². The topological polar surface area (TPSA) is 27.7 Å². The van der Waals surface area contributed by atoms with E-state index in [-0.39, 0.29) is 5.41 Å². The molecule has 170 valence electrons. The molecule has 2 bridgehead atoms. The van der Waals surface area contributed by atoms with Crippen LogP contribution in [0, 0.1) is 39.9 Å². The molecule has 1 aromatic rings. The van der Waals surface area contributed by atoms with Crippen LogP contribution < -0.4 is 4.74 Å². The summed E-state index contributed by atoms with van der Waals surface area (Å²) >= 11 is 5.01. The number of rotatable bonds is 2. The number of benzene rings is 1. The number of halogens is 5. The molecule has 2 aliphatic heterocycles. The second kappa shape index (κ2) is 6.88. The van der Waals surface area contributed by atoms with Crippen molar-refractivity contribution >= 4 is 17.5 Å². The van der Waals surface area contributed by atoms with Crippen LogP contribution in [0.2, 0.25) is 0 Å². The number of hydrogen-bond donors (Lipinski definition) is 0. The Hall–Kier alpha value is -1.74. The summed E-state index contributed by atoms with van der Waals surface area (Å²) in [6.45, 7) is 8.15. The quantitative estimate of drug-likeness (QED) is 0.174. The molecular weight excluding hydrogens is 439 g/mol. The molecule has 4 rings (SSSR count). The van der Waals surface area contributed by atoms with Crippen molar-refractivity contribution in [2.24, 2.45) is 10.8 Å². The van der Waals surface area contributed by atoms with Crippen molar-refractivity contribution in [1.29, 1.82) is 0 Å². The zero-order valence-electron chi connectivity index (χ0n) is 17.6. The Morgan fingerprint density at radius 1 is 0.935 bits per heavy atom. The van der Waals surface area contributed by atoms with Crippen LogP contribution in [0.4, 0.5) is 22.0 Å². The smallest absolute Gasteiger partial charge is 0.358 e. The van der Waals surface area contributed by atoms with Gasteiger partial charge in [-0.25, -0.2) is 13.2 Å². The predicted molar refractivity (Wildman–Crippen MR) is 106 cm³/mol. The van der Waals surface area contributed by atoms with E-state index >= 15 is 0 Å². The van der Waals surface area contributed by atoms with Gasteiger partial charge >= 0.3 is 5.24 Å². The van der Waals surface area contributed by atoms with Crippen LogP contribution in [-0.2, 0) is 9.47 Å². The summed E-state index contributed by atoms with van der Waals surface area (Å²) in [6, 6.07) is 0. The Labute approximate surface area is 182 Å². The second-order valence-electron chi connectivity index (χ2n) is 9.70. The Morgan fingerprint density at radius 3 is 2.13 bits per heavy atom. The van der Waals surface area contributed by atoms with Gasteiger partial charge in [-0.3, -0.25) is 0 Å². The van der Waals surface area contributed by atoms with E-state index in [0.717, 1.165) is 19.3 Å². The molecule has 1 aromatic carbocycles. The van der Waals surface area contributed by atoms with Crippen molar-refractivity contribution in [2.45, 2.75) is 70.7 Å². The van der Waals surface area contributed by atoms with Gasteiger partial charge in [0.25, 0.3) is 0 Å². The fourth-order valence-electron chi connectivity index (χ4n) is 5.61. The molecule has 1 spiro atoms. The molecule has 3 nitrogen and oxygen atoms in total. The van der Waals surface area contributed by atoms with Crippen LogP contribution in [-0.4, -0.2) is 22.5 Å². The van der Waals surface area contributed by atoms with Gasteiger partial charge < -0.3 is 14.2 Å². The first-order valence-corrected chi connectivity index (χ1v) is 10.5. The van der Waals surface area contributed by atoms with Crippen LogP contribution in [0.25, 0.3) is 0 Å². The van der Waals surface area contributed by atoms with Gasteiger partial charge in [-0.1, -0.05) is 39.3 Å². The molecule has 1 saturated carbocycles. The van der Waals surface area contributed by atoms with Crippen molar-refractivity contribution in [3.8, 4) is 5.75 Å². The van der Waals surface area contributed by atoms with Crippen LogP contribution >= 0.6 is 12.2 Å². The van der Waals surface area contributed by atoms with Crippen molar-refractivity contribution in [1.82, 2.24) is 0 Å². The van der Waals surface area contributed by atoms with E-state index in [1.54, 1.807) is 0 Å². The second-order valence-corrected chi connectivity index (χ2v) is 10.0. The van der Waals surface area contributed by atoms with Crippen LogP contribution in [0.1, 0.15) is 53.4 Å². The fourth-order valence-corrected chi connectivity index (χ4v) is 5.81. The maximum Gasteiger partial charge on any atom is 0.358 e. The molecular formula is C22H23F5O3S. The third kappa shape index (κ3) is 3.03. The lowest BCUT2D eigenvalue weighted by Gasteiger charge is -2.63. The SMILES string of the molecule is CC1(C)CCC[C@@]2(C)[C@H](OC(=S)Oc3c(F)c(F)c(F)c(F)c3F)C[C@@]3(C)C=C[C@]12O3. The van der Waals surface area contributed by atoms with Gasteiger partial charge in [0.15, 0.2) is 0 Å². The average Bonchev–Trinajstić information content (AvgIpc) is 3.02. The van der Waals surface area contributed by atoms with Crippen molar-refractivity contribution in [3.63, 3.8) is 0 Å². The summed E-state index contributed by atoms with van der Waals surface area (Å²) in [6.07, 6.45) is 6.48. The maximum atomic E-state index is 14.0. The van der Waals surface area contributed by atoms with Gasteiger partial charge in [-0.2, -0.15) is 8.78 Å². The molecule has 0 unspecified atom stereocenters. The Bertz CT molecular complexity index is 967. The third-order valence-electron chi connectivity index (χ3n) is 7.31. The number of hydrogen-bond acceptors (Lipinski definition) is 4. The van der Waals surface area contributed by atoms with Crippen LogP contribution in [0.15, 0.2) is 12.2 Å². The van der Waals surface area contributed by atoms with Gasteiger partial charge in [-0.05, 0) is 25.2 Å². The van der Waals surface area contributed by atoms with E-state index in [9.17, 15) is 22.0 Å². The summed E-state index contributed by atoms with van der Waals surface area (Å²) in [5.41, 5.74) is -2.07.